The maximum atomic E-state index is 12.0. The van der Waals surface area contributed by atoms with Crippen LogP contribution in [-0.4, -0.2) is 25.1 Å². The van der Waals surface area contributed by atoms with Crippen molar-refractivity contribution in [3.05, 3.63) is 48.7 Å². The fraction of sp³-hybridized carbons (Fsp3) is 0.211. The molecule has 6 heteroatoms. The molecule has 1 aromatic carbocycles. The number of aryl methyl sites for hydroxylation is 1. The molecule has 124 valence electrons. The van der Waals surface area contributed by atoms with E-state index in [-0.39, 0.29) is 11.8 Å². The van der Waals surface area contributed by atoms with Crippen molar-refractivity contribution >= 4 is 28.4 Å². The first kappa shape index (κ1) is 14.2. The number of amides is 1. The van der Waals surface area contributed by atoms with E-state index in [1.165, 1.54) is 10.9 Å². The molecule has 5 rings (SSSR count). The van der Waals surface area contributed by atoms with Gasteiger partial charge in [0.2, 0.25) is 11.9 Å². The number of nitrogens with one attached hydrogen (secondary N) is 1. The van der Waals surface area contributed by atoms with E-state index >= 15 is 0 Å². The van der Waals surface area contributed by atoms with E-state index < -0.39 is 0 Å². The lowest BCUT2D eigenvalue weighted by Gasteiger charge is -2.05. The van der Waals surface area contributed by atoms with Crippen molar-refractivity contribution < 1.29 is 4.79 Å². The minimum atomic E-state index is 0.0168. The predicted octanol–water partition coefficient (Wildman–Crippen LogP) is 3.24. The average Bonchev–Trinajstić information content (AvgIpc) is 3.30. The van der Waals surface area contributed by atoms with Crippen LogP contribution in [0, 0.1) is 5.92 Å². The number of nitrogens with zero attached hydrogens (tertiary/aromatic N) is 4. The molecular formula is C19H17N5O. The summed E-state index contributed by atoms with van der Waals surface area (Å²) in [7, 11) is 2.04. The van der Waals surface area contributed by atoms with Crippen molar-refractivity contribution in [2.24, 2.45) is 13.0 Å². The normalized spacial score (nSPS) is 14.3. The van der Waals surface area contributed by atoms with Gasteiger partial charge in [0.25, 0.3) is 0 Å². The molecule has 0 saturated heterocycles. The minimum Gasteiger partial charge on any atom is -0.351 e. The Hall–Kier alpha value is -3.15. The molecule has 3 heterocycles. The van der Waals surface area contributed by atoms with Crippen LogP contribution in [-0.2, 0) is 11.8 Å². The second kappa shape index (κ2) is 5.17. The Morgan fingerprint density at radius 3 is 2.92 bits per heavy atom. The highest BCUT2D eigenvalue weighted by Gasteiger charge is 2.30. The van der Waals surface area contributed by atoms with Crippen LogP contribution in [0.2, 0.25) is 0 Å². The molecule has 0 radical (unpaired) electrons. The summed E-state index contributed by atoms with van der Waals surface area (Å²) < 4.78 is 3.88. The fourth-order valence-electron chi connectivity index (χ4n) is 3.18. The maximum Gasteiger partial charge on any atom is 0.249 e. The van der Waals surface area contributed by atoms with Crippen LogP contribution in [0.25, 0.3) is 27.8 Å². The predicted molar refractivity (Wildman–Crippen MR) is 96.3 cm³/mol. The Bertz CT molecular complexity index is 1120. The van der Waals surface area contributed by atoms with Crippen LogP contribution in [0.5, 0.6) is 0 Å². The molecule has 0 aliphatic heterocycles. The van der Waals surface area contributed by atoms with Crippen LogP contribution in [0.3, 0.4) is 0 Å². The Morgan fingerprint density at radius 1 is 1.20 bits per heavy atom. The number of pyridine rings is 1. The van der Waals surface area contributed by atoms with Gasteiger partial charge in [0, 0.05) is 35.6 Å². The first-order valence-corrected chi connectivity index (χ1v) is 8.41. The Kier molecular flexibility index (Phi) is 2.94. The van der Waals surface area contributed by atoms with Gasteiger partial charge in [-0.25, -0.2) is 4.52 Å². The topological polar surface area (TPSA) is 64.2 Å². The van der Waals surface area contributed by atoms with Gasteiger partial charge in [0.05, 0.1) is 5.69 Å². The fourth-order valence-corrected chi connectivity index (χ4v) is 3.18. The van der Waals surface area contributed by atoms with Gasteiger partial charge in [-0.05, 0) is 43.2 Å². The molecule has 4 aromatic rings. The molecule has 0 spiro atoms. The number of anilines is 1. The van der Waals surface area contributed by atoms with E-state index in [0.717, 1.165) is 29.7 Å². The molecule has 0 atom stereocenters. The van der Waals surface area contributed by atoms with Crippen LogP contribution < -0.4 is 5.32 Å². The number of hydrogen-bond donors (Lipinski definition) is 1. The minimum absolute atomic E-state index is 0.0168. The molecule has 0 bridgehead atoms. The third-order valence-corrected chi connectivity index (χ3v) is 4.72. The summed E-state index contributed by atoms with van der Waals surface area (Å²) in [5.74, 6) is 0.514. The number of rotatable bonds is 3. The summed E-state index contributed by atoms with van der Waals surface area (Å²) in [4.78, 5) is 16.4. The van der Waals surface area contributed by atoms with Gasteiger partial charge in [-0.3, -0.25) is 10.1 Å². The highest BCUT2D eigenvalue weighted by molar-refractivity contribution is 5.92. The van der Waals surface area contributed by atoms with Crippen molar-refractivity contribution in [2.45, 2.75) is 12.8 Å². The number of carbonyl (C=O) groups excluding carboxylic acids is 1. The number of benzene rings is 1. The van der Waals surface area contributed by atoms with Gasteiger partial charge in [0.1, 0.15) is 0 Å². The van der Waals surface area contributed by atoms with Crippen molar-refractivity contribution in [2.75, 3.05) is 5.32 Å². The lowest BCUT2D eigenvalue weighted by atomic mass is 10.1. The Labute approximate surface area is 144 Å². The van der Waals surface area contributed by atoms with Crippen LogP contribution >= 0.6 is 0 Å². The quantitative estimate of drug-likeness (QED) is 0.627. The molecule has 1 amide bonds. The molecule has 1 N–H and O–H groups in total. The van der Waals surface area contributed by atoms with E-state index in [4.69, 9.17) is 0 Å². The third-order valence-electron chi connectivity index (χ3n) is 4.72. The Morgan fingerprint density at radius 2 is 2.08 bits per heavy atom. The summed E-state index contributed by atoms with van der Waals surface area (Å²) in [6.07, 6.45) is 3.97. The lowest BCUT2D eigenvalue weighted by molar-refractivity contribution is -0.117. The van der Waals surface area contributed by atoms with E-state index in [9.17, 15) is 4.79 Å². The summed E-state index contributed by atoms with van der Waals surface area (Å²) in [5, 5.41) is 8.49. The monoisotopic (exact) mass is 331 g/mol. The van der Waals surface area contributed by atoms with Crippen molar-refractivity contribution in [1.29, 1.82) is 0 Å². The zero-order valence-electron chi connectivity index (χ0n) is 13.8. The maximum absolute atomic E-state index is 12.0. The molecule has 0 unspecified atom stereocenters. The summed E-state index contributed by atoms with van der Waals surface area (Å²) in [6, 6.07) is 14.3. The van der Waals surface area contributed by atoms with E-state index in [0.29, 0.717) is 5.95 Å². The molecule has 1 fully saturated rings. The van der Waals surface area contributed by atoms with Crippen molar-refractivity contribution in [1.82, 2.24) is 19.2 Å². The summed E-state index contributed by atoms with van der Waals surface area (Å²) in [5.41, 5.74) is 3.92. The number of carbonyl (C=O) groups is 1. The second-order valence-electron chi connectivity index (χ2n) is 6.58. The molecule has 25 heavy (non-hydrogen) atoms. The highest BCUT2D eigenvalue weighted by atomic mass is 16.2. The number of aromatic nitrogens is 4. The number of hydrogen-bond acceptors (Lipinski definition) is 3. The second-order valence-corrected chi connectivity index (χ2v) is 6.58. The van der Waals surface area contributed by atoms with Gasteiger partial charge < -0.3 is 4.57 Å². The van der Waals surface area contributed by atoms with Crippen LogP contribution in [0.4, 0.5) is 5.95 Å². The molecule has 1 saturated carbocycles. The highest BCUT2D eigenvalue weighted by Crippen LogP contribution is 2.30. The molecule has 6 nitrogen and oxygen atoms in total. The lowest BCUT2D eigenvalue weighted by Crippen LogP contribution is -2.14. The zero-order valence-corrected chi connectivity index (χ0v) is 13.8. The molecule has 1 aliphatic carbocycles. The molecule has 3 aromatic heterocycles. The third kappa shape index (κ3) is 2.38. The van der Waals surface area contributed by atoms with Gasteiger partial charge in [0.15, 0.2) is 5.65 Å². The van der Waals surface area contributed by atoms with Crippen molar-refractivity contribution in [3.63, 3.8) is 0 Å². The van der Waals surface area contributed by atoms with Crippen molar-refractivity contribution in [3.8, 4) is 11.3 Å². The van der Waals surface area contributed by atoms with E-state index in [1.54, 1.807) is 4.52 Å². The largest absolute Gasteiger partial charge is 0.351 e. The standard InChI is InChI=1S/C19H17N5O/c1-23-10-9-14-11-13(7-8-15(14)23)16-3-2-4-17-20-19(22-24(16)17)21-18(25)12-5-6-12/h2-4,7-12H,5-6H2,1H3,(H,21,22,25). The zero-order chi connectivity index (χ0) is 17.0. The van der Waals surface area contributed by atoms with E-state index in [2.05, 4.69) is 50.4 Å². The molecule has 1 aliphatic rings. The average molecular weight is 331 g/mol. The van der Waals surface area contributed by atoms with Gasteiger partial charge in [-0.15, -0.1) is 5.10 Å². The summed E-state index contributed by atoms with van der Waals surface area (Å²) in [6.45, 7) is 0. The first-order chi connectivity index (χ1) is 12.2. The van der Waals surface area contributed by atoms with E-state index in [1.807, 2.05) is 25.2 Å². The van der Waals surface area contributed by atoms with Gasteiger partial charge >= 0.3 is 0 Å². The summed E-state index contributed by atoms with van der Waals surface area (Å²) >= 11 is 0. The Balaban J connectivity index is 1.59. The number of fused-ring (bicyclic) bond motifs is 2. The molecular weight excluding hydrogens is 314 g/mol. The van der Waals surface area contributed by atoms with Crippen LogP contribution in [0.15, 0.2) is 48.7 Å². The first-order valence-electron chi connectivity index (χ1n) is 8.41. The van der Waals surface area contributed by atoms with Gasteiger partial charge in [-0.2, -0.15) is 4.98 Å². The van der Waals surface area contributed by atoms with Crippen LogP contribution in [0.1, 0.15) is 12.8 Å². The SMILES string of the molecule is Cn1ccc2cc(-c3cccc4nc(NC(=O)C5CC5)nn34)ccc21. The smallest absolute Gasteiger partial charge is 0.249 e. The van der Waals surface area contributed by atoms with Gasteiger partial charge in [-0.1, -0.05) is 12.1 Å².